The summed E-state index contributed by atoms with van der Waals surface area (Å²) in [5.74, 6) is -1.20. The zero-order chi connectivity index (χ0) is 21.1. The van der Waals surface area contributed by atoms with Crippen LogP contribution in [-0.2, 0) is 4.79 Å². The van der Waals surface area contributed by atoms with Crippen molar-refractivity contribution in [2.45, 2.75) is 39.5 Å². The van der Waals surface area contributed by atoms with Crippen LogP contribution in [0.3, 0.4) is 0 Å². The number of hydrogen-bond donors (Lipinski definition) is 1. The molecular weight excluding hydrogens is 380 g/mol. The lowest BCUT2D eigenvalue weighted by Gasteiger charge is -2.24. The third kappa shape index (κ3) is 7.24. The molecule has 29 heavy (non-hydrogen) atoms. The molecule has 5 heteroatoms. The van der Waals surface area contributed by atoms with Gasteiger partial charge in [-0.15, -0.1) is 11.3 Å². The summed E-state index contributed by atoms with van der Waals surface area (Å²) in [5, 5.41) is 17.8. The van der Waals surface area contributed by atoms with Gasteiger partial charge < -0.3 is 10.0 Å². The first kappa shape index (κ1) is 22.4. The molecule has 0 atom stereocenters. The number of nitrogens with zero attached hydrogens (tertiary/aromatic N) is 2. The molecule has 0 saturated heterocycles. The molecule has 4 nitrogen and oxygen atoms in total. The minimum absolute atomic E-state index is 0.256. The van der Waals surface area contributed by atoms with Crippen LogP contribution in [-0.4, -0.2) is 24.2 Å². The molecule has 0 aliphatic rings. The summed E-state index contributed by atoms with van der Waals surface area (Å²) in [5.41, 5.74) is 2.13. The van der Waals surface area contributed by atoms with Crippen molar-refractivity contribution in [3.8, 4) is 6.07 Å². The number of hydrogen-bond acceptors (Lipinski definition) is 4. The Labute approximate surface area is 177 Å². The lowest BCUT2D eigenvalue weighted by Crippen LogP contribution is -2.25. The summed E-state index contributed by atoms with van der Waals surface area (Å²) in [6.45, 7) is 6.64. The SMILES string of the molecule is CCCCN(CCCC)c1ccc(/C=C/c2ccc(/C=C(/C#N)C(=O)O)s2)cc1. The predicted octanol–water partition coefficient (Wildman–Crippen LogP) is 6.32. The fourth-order valence-corrected chi connectivity index (χ4v) is 3.72. The van der Waals surface area contributed by atoms with E-state index in [9.17, 15) is 4.79 Å². The van der Waals surface area contributed by atoms with E-state index in [2.05, 4.69) is 43.0 Å². The van der Waals surface area contributed by atoms with E-state index in [-0.39, 0.29) is 5.57 Å². The molecule has 1 aromatic heterocycles. The van der Waals surface area contributed by atoms with E-state index in [4.69, 9.17) is 10.4 Å². The Bertz CT molecular complexity index is 880. The van der Waals surface area contributed by atoms with Gasteiger partial charge in [0.05, 0.1) is 0 Å². The maximum Gasteiger partial charge on any atom is 0.346 e. The molecule has 1 aromatic carbocycles. The molecule has 0 aliphatic heterocycles. The topological polar surface area (TPSA) is 64.3 Å². The largest absolute Gasteiger partial charge is 0.477 e. The van der Waals surface area contributed by atoms with E-state index in [0.29, 0.717) is 0 Å². The highest BCUT2D eigenvalue weighted by molar-refractivity contribution is 7.13. The van der Waals surface area contributed by atoms with Gasteiger partial charge in [-0.25, -0.2) is 4.79 Å². The van der Waals surface area contributed by atoms with Gasteiger partial charge in [0, 0.05) is 28.5 Å². The highest BCUT2D eigenvalue weighted by Crippen LogP contribution is 2.23. The van der Waals surface area contributed by atoms with Crippen LogP contribution in [0.2, 0.25) is 0 Å². The molecule has 1 N–H and O–H groups in total. The molecular formula is C24H28N2O2S. The summed E-state index contributed by atoms with van der Waals surface area (Å²) in [6.07, 6.45) is 10.3. The normalized spacial score (nSPS) is 11.6. The fraction of sp³-hybridized carbons (Fsp3) is 0.333. The number of benzene rings is 1. The zero-order valence-electron chi connectivity index (χ0n) is 17.1. The molecule has 2 aromatic rings. The third-order valence-corrected chi connectivity index (χ3v) is 5.54. The monoisotopic (exact) mass is 408 g/mol. The molecule has 0 saturated carbocycles. The Balaban J connectivity index is 2.06. The molecule has 0 unspecified atom stereocenters. The molecule has 0 fully saturated rings. The van der Waals surface area contributed by atoms with Crippen molar-refractivity contribution < 1.29 is 9.90 Å². The van der Waals surface area contributed by atoms with Gasteiger partial charge in [0.15, 0.2) is 0 Å². The van der Waals surface area contributed by atoms with Crippen LogP contribution in [0.25, 0.3) is 18.2 Å². The Morgan fingerprint density at radius 2 is 1.66 bits per heavy atom. The van der Waals surface area contributed by atoms with E-state index in [1.165, 1.54) is 48.8 Å². The number of rotatable bonds is 11. The summed E-state index contributed by atoms with van der Waals surface area (Å²) in [4.78, 5) is 15.2. The molecule has 0 amide bonds. The summed E-state index contributed by atoms with van der Waals surface area (Å²) >= 11 is 1.45. The molecule has 2 rings (SSSR count). The smallest absolute Gasteiger partial charge is 0.346 e. The highest BCUT2D eigenvalue weighted by atomic mass is 32.1. The number of carbonyl (C=O) groups is 1. The van der Waals surface area contributed by atoms with E-state index in [0.717, 1.165) is 28.4 Å². The molecule has 0 spiro atoms. The number of carboxylic acid groups (broad SMARTS) is 1. The molecule has 1 heterocycles. The van der Waals surface area contributed by atoms with Crippen LogP contribution >= 0.6 is 11.3 Å². The number of thiophene rings is 1. The van der Waals surface area contributed by atoms with Crippen LogP contribution in [0.1, 0.15) is 54.8 Å². The van der Waals surface area contributed by atoms with E-state index < -0.39 is 5.97 Å². The average Bonchev–Trinajstić information content (AvgIpc) is 3.18. The Kier molecular flexibility index (Phi) is 9.20. The van der Waals surface area contributed by atoms with Gasteiger partial charge in [0.1, 0.15) is 11.6 Å². The van der Waals surface area contributed by atoms with Crippen molar-refractivity contribution in [3.63, 3.8) is 0 Å². The van der Waals surface area contributed by atoms with Crippen molar-refractivity contribution in [2.24, 2.45) is 0 Å². The lowest BCUT2D eigenvalue weighted by atomic mass is 10.1. The quantitative estimate of drug-likeness (QED) is 0.349. The predicted molar refractivity (Wildman–Crippen MR) is 123 cm³/mol. The number of carboxylic acids is 1. The van der Waals surface area contributed by atoms with Crippen LogP contribution in [0.15, 0.2) is 42.0 Å². The second-order valence-corrected chi connectivity index (χ2v) is 7.98. The van der Waals surface area contributed by atoms with Crippen molar-refractivity contribution in [1.82, 2.24) is 0 Å². The van der Waals surface area contributed by atoms with Crippen molar-refractivity contribution >= 4 is 41.2 Å². The standard InChI is InChI=1S/C24H28N2O2S/c1-3-5-15-26(16-6-4-2)21-10-7-19(8-11-21)9-12-22-13-14-23(29-22)17-20(18-25)24(27)28/h7-14,17H,3-6,15-16H2,1-2H3,(H,27,28)/b12-9+,20-17-. The van der Waals surface area contributed by atoms with Crippen molar-refractivity contribution in [3.05, 3.63) is 57.3 Å². The van der Waals surface area contributed by atoms with E-state index in [1.807, 2.05) is 24.3 Å². The maximum absolute atomic E-state index is 10.9. The Hall–Kier alpha value is -2.84. The minimum Gasteiger partial charge on any atom is -0.477 e. The number of nitriles is 1. The van der Waals surface area contributed by atoms with Crippen LogP contribution in [0.5, 0.6) is 0 Å². The summed E-state index contributed by atoms with van der Waals surface area (Å²) in [7, 11) is 0. The first-order valence-corrected chi connectivity index (χ1v) is 10.9. The molecule has 0 bridgehead atoms. The van der Waals surface area contributed by atoms with Gasteiger partial charge in [0.25, 0.3) is 0 Å². The van der Waals surface area contributed by atoms with Crippen LogP contribution in [0.4, 0.5) is 5.69 Å². The molecule has 0 radical (unpaired) electrons. The number of anilines is 1. The van der Waals surface area contributed by atoms with E-state index in [1.54, 1.807) is 6.07 Å². The molecule has 0 aliphatic carbocycles. The summed E-state index contributed by atoms with van der Waals surface area (Å²) < 4.78 is 0. The fourth-order valence-electron chi connectivity index (χ4n) is 2.86. The van der Waals surface area contributed by atoms with Crippen LogP contribution in [0, 0.1) is 11.3 Å². The van der Waals surface area contributed by atoms with Crippen LogP contribution < -0.4 is 4.90 Å². The Morgan fingerprint density at radius 1 is 1.03 bits per heavy atom. The number of aliphatic carboxylic acids is 1. The van der Waals surface area contributed by atoms with Gasteiger partial charge >= 0.3 is 5.97 Å². The van der Waals surface area contributed by atoms with Gasteiger partial charge in [0.2, 0.25) is 0 Å². The van der Waals surface area contributed by atoms with Gasteiger partial charge in [-0.05, 0) is 54.8 Å². The summed E-state index contributed by atoms with van der Waals surface area (Å²) in [6, 6.07) is 14.1. The second-order valence-electron chi connectivity index (χ2n) is 6.83. The molecule has 152 valence electrons. The zero-order valence-corrected chi connectivity index (χ0v) is 17.9. The van der Waals surface area contributed by atoms with Gasteiger partial charge in [-0.2, -0.15) is 5.26 Å². The first-order valence-electron chi connectivity index (χ1n) is 10.0. The number of unbranched alkanes of at least 4 members (excludes halogenated alkanes) is 2. The Morgan fingerprint density at radius 3 is 2.21 bits per heavy atom. The average molecular weight is 409 g/mol. The minimum atomic E-state index is -1.20. The van der Waals surface area contributed by atoms with E-state index >= 15 is 0 Å². The first-order chi connectivity index (χ1) is 14.1. The van der Waals surface area contributed by atoms with Gasteiger partial charge in [-0.1, -0.05) is 44.9 Å². The van der Waals surface area contributed by atoms with Gasteiger partial charge in [-0.3, -0.25) is 0 Å². The second kappa shape index (κ2) is 11.9. The maximum atomic E-state index is 10.9. The third-order valence-electron chi connectivity index (χ3n) is 4.55. The highest BCUT2D eigenvalue weighted by Gasteiger charge is 2.07. The van der Waals surface area contributed by atoms with Crippen molar-refractivity contribution in [1.29, 1.82) is 5.26 Å². The van der Waals surface area contributed by atoms with Crippen molar-refractivity contribution in [2.75, 3.05) is 18.0 Å². The lowest BCUT2D eigenvalue weighted by molar-refractivity contribution is -0.132.